The minimum Gasteiger partial charge on any atom is -0.496 e. The lowest BCUT2D eigenvalue weighted by Gasteiger charge is -2.35. The number of amides is 2. The van der Waals surface area contributed by atoms with Gasteiger partial charge in [-0.2, -0.15) is 0 Å². The van der Waals surface area contributed by atoms with Crippen LogP contribution in [0.5, 0.6) is 5.75 Å². The fraction of sp³-hybridized carbons (Fsp3) is 0.308. The van der Waals surface area contributed by atoms with Crippen molar-refractivity contribution < 1.29 is 14.3 Å². The fourth-order valence-corrected chi connectivity index (χ4v) is 4.20. The number of rotatable bonds is 6. The summed E-state index contributed by atoms with van der Waals surface area (Å²) in [5, 5.41) is 2.87. The van der Waals surface area contributed by atoms with Crippen LogP contribution in [0.2, 0.25) is 0 Å². The molecule has 2 aromatic carbocycles. The number of nitrogens with zero attached hydrogens (tertiary/aromatic N) is 3. The Morgan fingerprint density at radius 1 is 1.09 bits per heavy atom. The van der Waals surface area contributed by atoms with E-state index in [1.54, 1.807) is 20.2 Å². The number of piperidine rings is 1. The fourth-order valence-electron chi connectivity index (χ4n) is 4.20. The van der Waals surface area contributed by atoms with Crippen molar-refractivity contribution in [2.45, 2.75) is 38.6 Å². The van der Waals surface area contributed by atoms with E-state index in [4.69, 9.17) is 4.74 Å². The average Bonchev–Trinajstić information content (AvgIpc) is 2.85. The topological polar surface area (TPSA) is 84.4 Å². The molecule has 1 saturated heterocycles. The summed E-state index contributed by atoms with van der Waals surface area (Å²) in [5.41, 5.74) is 2.59. The maximum absolute atomic E-state index is 13.2. The van der Waals surface area contributed by atoms with Gasteiger partial charge in [0.15, 0.2) is 5.82 Å². The van der Waals surface area contributed by atoms with Crippen LogP contribution >= 0.6 is 0 Å². The Balaban J connectivity index is 1.52. The molecule has 170 valence electrons. The molecule has 1 N–H and O–H groups in total. The van der Waals surface area contributed by atoms with Gasteiger partial charge in [0.1, 0.15) is 5.75 Å². The molecule has 1 fully saturated rings. The highest BCUT2D eigenvalue weighted by molar-refractivity contribution is 6.04. The van der Waals surface area contributed by atoms with Gasteiger partial charge in [-0.15, -0.1) is 0 Å². The van der Waals surface area contributed by atoms with Crippen LogP contribution < -0.4 is 10.1 Å². The maximum atomic E-state index is 13.2. The maximum Gasteiger partial charge on any atom is 0.259 e. The highest BCUT2D eigenvalue weighted by atomic mass is 16.5. The molecule has 0 bridgehead atoms. The summed E-state index contributed by atoms with van der Waals surface area (Å²) in [6.07, 6.45) is 4.57. The van der Waals surface area contributed by atoms with Crippen LogP contribution in [0.25, 0.3) is 0 Å². The van der Waals surface area contributed by atoms with Gasteiger partial charge >= 0.3 is 0 Å². The number of hydrogen-bond acceptors (Lipinski definition) is 5. The van der Waals surface area contributed by atoms with Gasteiger partial charge in [0.25, 0.3) is 5.91 Å². The molecule has 33 heavy (non-hydrogen) atoms. The van der Waals surface area contributed by atoms with E-state index in [-0.39, 0.29) is 24.3 Å². The second-order valence-corrected chi connectivity index (χ2v) is 8.13. The number of ether oxygens (including phenoxy) is 1. The molecule has 0 aliphatic carbocycles. The smallest absolute Gasteiger partial charge is 0.259 e. The van der Waals surface area contributed by atoms with E-state index in [1.165, 1.54) is 0 Å². The molecule has 2 amide bonds. The lowest BCUT2D eigenvalue weighted by molar-refractivity contribution is -0.134. The molecule has 1 atom stereocenters. The van der Waals surface area contributed by atoms with Crippen LogP contribution in [0.4, 0.5) is 5.69 Å². The van der Waals surface area contributed by atoms with Gasteiger partial charge < -0.3 is 15.0 Å². The molecular weight excluding hydrogens is 416 g/mol. The number of aryl methyl sites for hydroxylation is 1. The number of carbonyl (C=O) groups excluding carboxylic acids is 2. The zero-order chi connectivity index (χ0) is 23.2. The minimum atomic E-state index is -0.252. The lowest BCUT2D eigenvalue weighted by Crippen LogP contribution is -2.40. The number of aromatic nitrogens is 2. The number of carbonyl (C=O) groups is 2. The highest BCUT2D eigenvalue weighted by Crippen LogP contribution is 2.30. The molecule has 0 radical (unpaired) electrons. The monoisotopic (exact) mass is 444 g/mol. The number of hydrogen-bond donors (Lipinski definition) is 1. The van der Waals surface area contributed by atoms with Crippen molar-refractivity contribution >= 4 is 17.5 Å². The quantitative estimate of drug-likeness (QED) is 0.611. The number of methoxy groups -OCH3 is 1. The summed E-state index contributed by atoms with van der Waals surface area (Å²) in [5.74, 6) is 1.06. The third-order valence-electron chi connectivity index (χ3n) is 5.93. The molecule has 3 aromatic rings. The Bertz CT molecular complexity index is 1130. The molecule has 1 unspecified atom stereocenters. The minimum absolute atomic E-state index is 0.0244. The number of para-hydroxylation sites is 2. The molecule has 1 aliphatic heterocycles. The first-order chi connectivity index (χ1) is 16.1. The summed E-state index contributed by atoms with van der Waals surface area (Å²) in [6.45, 7) is 2.46. The predicted octanol–water partition coefficient (Wildman–Crippen LogP) is 4.34. The summed E-state index contributed by atoms with van der Waals surface area (Å²) in [7, 11) is 1.61. The summed E-state index contributed by atoms with van der Waals surface area (Å²) < 4.78 is 5.41. The number of nitrogens with one attached hydrogen (secondary N) is 1. The molecule has 0 saturated carbocycles. The molecule has 0 spiro atoms. The van der Waals surface area contributed by atoms with Gasteiger partial charge in [-0.25, -0.2) is 9.97 Å². The molecule has 7 heteroatoms. The third-order valence-corrected chi connectivity index (χ3v) is 5.93. The Morgan fingerprint density at radius 3 is 2.61 bits per heavy atom. The van der Waals surface area contributed by atoms with Crippen molar-refractivity contribution in [1.82, 2.24) is 14.9 Å². The van der Waals surface area contributed by atoms with Crippen molar-refractivity contribution in [3.8, 4) is 5.75 Å². The van der Waals surface area contributed by atoms with Crippen LogP contribution in [0.3, 0.4) is 0 Å². The molecule has 4 rings (SSSR count). The first kappa shape index (κ1) is 22.5. The zero-order valence-electron chi connectivity index (χ0n) is 19.0. The Kier molecular flexibility index (Phi) is 6.98. The van der Waals surface area contributed by atoms with Gasteiger partial charge in [-0.1, -0.05) is 36.4 Å². The van der Waals surface area contributed by atoms with Crippen molar-refractivity contribution in [3.05, 3.63) is 83.4 Å². The van der Waals surface area contributed by atoms with E-state index in [0.29, 0.717) is 35.1 Å². The zero-order valence-corrected chi connectivity index (χ0v) is 19.0. The van der Waals surface area contributed by atoms with Gasteiger partial charge in [-0.3, -0.25) is 9.59 Å². The second-order valence-electron chi connectivity index (χ2n) is 8.13. The largest absolute Gasteiger partial charge is 0.496 e. The van der Waals surface area contributed by atoms with E-state index in [1.807, 2.05) is 59.5 Å². The normalized spacial score (nSPS) is 15.7. The molecular formula is C26H28N4O3. The molecule has 1 aliphatic rings. The van der Waals surface area contributed by atoms with Crippen LogP contribution in [-0.2, 0) is 11.2 Å². The highest BCUT2D eigenvalue weighted by Gasteiger charge is 2.31. The van der Waals surface area contributed by atoms with Crippen molar-refractivity contribution in [3.63, 3.8) is 0 Å². The average molecular weight is 445 g/mol. The SMILES string of the molecule is COc1ccccc1CC(=O)N1CCCCC1c1ncc(C(=O)Nc2ccccc2)c(C)n1. The van der Waals surface area contributed by atoms with E-state index in [9.17, 15) is 9.59 Å². The molecule has 2 heterocycles. The van der Waals surface area contributed by atoms with Gasteiger partial charge in [-0.05, 0) is 44.4 Å². The standard InChI is InChI=1S/C26H28N4O3/c1-18-21(26(32)29-20-11-4-3-5-12-20)17-27-25(28-18)22-13-8-9-15-30(22)24(31)16-19-10-6-7-14-23(19)33-2/h3-7,10-12,14,17,22H,8-9,13,15-16H2,1-2H3,(H,29,32). The van der Waals surface area contributed by atoms with Gasteiger partial charge in [0.2, 0.25) is 5.91 Å². The van der Waals surface area contributed by atoms with E-state index >= 15 is 0 Å². The lowest BCUT2D eigenvalue weighted by atomic mass is 9.99. The van der Waals surface area contributed by atoms with Gasteiger partial charge in [0.05, 0.1) is 30.8 Å². The number of benzene rings is 2. The van der Waals surface area contributed by atoms with E-state index < -0.39 is 0 Å². The van der Waals surface area contributed by atoms with Crippen LogP contribution in [0.1, 0.15) is 52.7 Å². The number of anilines is 1. The molecule has 7 nitrogen and oxygen atoms in total. The Morgan fingerprint density at radius 2 is 1.85 bits per heavy atom. The summed E-state index contributed by atoms with van der Waals surface area (Å²) in [6, 6.07) is 16.6. The summed E-state index contributed by atoms with van der Waals surface area (Å²) in [4.78, 5) is 36.9. The van der Waals surface area contributed by atoms with Crippen molar-refractivity contribution in [2.75, 3.05) is 19.0 Å². The predicted molar refractivity (Wildman–Crippen MR) is 126 cm³/mol. The number of likely N-dealkylation sites (tertiary alicyclic amines) is 1. The van der Waals surface area contributed by atoms with E-state index in [2.05, 4.69) is 15.3 Å². The third kappa shape index (κ3) is 5.19. The van der Waals surface area contributed by atoms with Crippen LogP contribution in [0, 0.1) is 6.92 Å². The Hall–Kier alpha value is -3.74. The second kappa shape index (κ2) is 10.3. The van der Waals surface area contributed by atoms with Crippen molar-refractivity contribution in [2.24, 2.45) is 0 Å². The first-order valence-corrected chi connectivity index (χ1v) is 11.2. The molecule has 1 aromatic heterocycles. The van der Waals surface area contributed by atoms with Gasteiger partial charge in [0, 0.05) is 24.0 Å². The van der Waals surface area contributed by atoms with Crippen LogP contribution in [-0.4, -0.2) is 40.3 Å². The van der Waals surface area contributed by atoms with Crippen molar-refractivity contribution in [1.29, 1.82) is 0 Å². The van der Waals surface area contributed by atoms with Crippen LogP contribution in [0.15, 0.2) is 60.8 Å². The Labute approximate surface area is 193 Å². The summed E-state index contributed by atoms with van der Waals surface area (Å²) >= 11 is 0. The first-order valence-electron chi connectivity index (χ1n) is 11.2. The van der Waals surface area contributed by atoms with E-state index in [0.717, 1.165) is 24.8 Å².